The van der Waals surface area contributed by atoms with E-state index in [1.54, 1.807) is 12.3 Å². The van der Waals surface area contributed by atoms with Crippen LogP contribution in [-0.2, 0) is 0 Å². The highest BCUT2D eigenvalue weighted by Gasteiger charge is 1.78. The first-order chi connectivity index (χ1) is 4.16. The van der Waals surface area contributed by atoms with Gasteiger partial charge in [0.1, 0.15) is 5.82 Å². The van der Waals surface area contributed by atoms with Crippen molar-refractivity contribution in [1.82, 2.24) is 0 Å². The van der Waals surface area contributed by atoms with E-state index in [4.69, 9.17) is 5.73 Å². The van der Waals surface area contributed by atoms with Gasteiger partial charge in [-0.2, -0.15) is 0 Å². The summed E-state index contributed by atoms with van der Waals surface area (Å²) in [5, 5.41) is 0. The summed E-state index contributed by atoms with van der Waals surface area (Å²) in [6.07, 6.45) is 3.27. The standard InChI is InChI=1S/C6H9BrN2/c1-3-6(8)9-4-5(2)7/h3-4H,2,8H2,1H3/b6-3-,9-4-. The Hall–Kier alpha value is -0.570. The van der Waals surface area contributed by atoms with Crippen LogP contribution in [0.1, 0.15) is 6.92 Å². The molecule has 0 unspecified atom stereocenters. The van der Waals surface area contributed by atoms with Crippen LogP contribution in [0.5, 0.6) is 0 Å². The fourth-order valence-electron chi connectivity index (χ4n) is 0.219. The van der Waals surface area contributed by atoms with Crippen molar-refractivity contribution < 1.29 is 0 Å². The topological polar surface area (TPSA) is 38.4 Å². The van der Waals surface area contributed by atoms with E-state index in [-0.39, 0.29) is 0 Å². The Labute approximate surface area is 63.3 Å². The molecule has 0 fully saturated rings. The number of allylic oxidation sites excluding steroid dienone is 2. The van der Waals surface area contributed by atoms with Crippen molar-refractivity contribution in [1.29, 1.82) is 0 Å². The van der Waals surface area contributed by atoms with Crippen LogP contribution in [0.3, 0.4) is 0 Å². The average Bonchev–Trinajstić information content (AvgIpc) is 1.83. The van der Waals surface area contributed by atoms with E-state index in [2.05, 4.69) is 27.5 Å². The maximum Gasteiger partial charge on any atom is 0.118 e. The van der Waals surface area contributed by atoms with Crippen LogP contribution in [0.25, 0.3) is 0 Å². The molecule has 0 bridgehead atoms. The molecule has 0 rings (SSSR count). The lowest BCUT2D eigenvalue weighted by Crippen LogP contribution is -1.91. The van der Waals surface area contributed by atoms with Gasteiger partial charge in [0.05, 0.1) is 0 Å². The predicted octanol–water partition coefficient (Wildman–Crippen LogP) is 1.79. The average molecular weight is 189 g/mol. The molecule has 9 heavy (non-hydrogen) atoms. The first-order valence-electron chi connectivity index (χ1n) is 2.47. The highest BCUT2D eigenvalue weighted by atomic mass is 79.9. The third kappa shape index (κ3) is 5.30. The molecule has 0 aromatic heterocycles. The molecular weight excluding hydrogens is 180 g/mol. The molecule has 2 nitrogen and oxygen atoms in total. The van der Waals surface area contributed by atoms with Gasteiger partial charge in [-0.05, 0) is 28.9 Å². The summed E-state index contributed by atoms with van der Waals surface area (Å²) in [5.74, 6) is 0.496. The molecule has 0 atom stereocenters. The molecule has 0 aliphatic rings. The normalized spacial score (nSPS) is 12.4. The Morgan fingerprint density at radius 3 is 2.67 bits per heavy atom. The lowest BCUT2D eigenvalue weighted by Gasteiger charge is -1.86. The van der Waals surface area contributed by atoms with Crippen molar-refractivity contribution in [2.75, 3.05) is 0 Å². The van der Waals surface area contributed by atoms with Crippen LogP contribution in [0.2, 0.25) is 0 Å². The Morgan fingerprint density at radius 2 is 2.33 bits per heavy atom. The molecule has 0 saturated carbocycles. The van der Waals surface area contributed by atoms with Crippen LogP contribution in [-0.4, -0.2) is 6.21 Å². The van der Waals surface area contributed by atoms with Crippen LogP contribution in [0.15, 0.2) is 28.0 Å². The van der Waals surface area contributed by atoms with Gasteiger partial charge in [-0.1, -0.05) is 6.58 Å². The number of nitrogens with zero attached hydrogens (tertiary/aromatic N) is 1. The molecule has 0 aliphatic carbocycles. The lowest BCUT2D eigenvalue weighted by molar-refractivity contribution is 1.24. The molecular formula is C6H9BrN2. The van der Waals surface area contributed by atoms with E-state index in [1.165, 1.54) is 0 Å². The number of hydrogen-bond acceptors (Lipinski definition) is 2. The fourth-order valence-corrected chi connectivity index (χ4v) is 0.321. The lowest BCUT2D eigenvalue weighted by atomic mass is 10.6. The van der Waals surface area contributed by atoms with Crippen LogP contribution in [0, 0.1) is 0 Å². The second-order valence-electron chi connectivity index (χ2n) is 1.42. The quantitative estimate of drug-likeness (QED) is 0.660. The minimum atomic E-state index is 0.496. The third-order valence-electron chi connectivity index (χ3n) is 0.649. The SMILES string of the molecule is C=C(Br)/C=N\C(N)=C/C. The summed E-state index contributed by atoms with van der Waals surface area (Å²) >= 11 is 3.11. The molecule has 0 aromatic carbocycles. The van der Waals surface area contributed by atoms with Crippen molar-refractivity contribution in [3.63, 3.8) is 0 Å². The Kier molecular flexibility index (Phi) is 4.05. The van der Waals surface area contributed by atoms with Crippen molar-refractivity contribution in [2.45, 2.75) is 6.92 Å². The van der Waals surface area contributed by atoms with Crippen LogP contribution >= 0.6 is 15.9 Å². The molecule has 0 spiro atoms. The second kappa shape index (κ2) is 4.32. The van der Waals surface area contributed by atoms with Gasteiger partial charge < -0.3 is 5.73 Å². The highest BCUT2D eigenvalue weighted by molar-refractivity contribution is 9.12. The first-order valence-corrected chi connectivity index (χ1v) is 3.26. The summed E-state index contributed by atoms with van der Waals surface area (Å²) < 4.78 is 0.715. The zero-order valence-corrected chi connectivity index (χ0v) is 6.85. The van der Waals surface area contributed by atoms with E-state index in [1.807, 2.05) is 6.92 Å². The zero-order chi connectivity index (χ0) is 7.28. The third-order valence-corrected chi connectivity index (χ3v) is 0.854. The van der Waals surface area contributed by atoms with E-state index < -0.39 is 0 Å². The smallest absolute Gasteiger partial charge is 0.118 e. The first kappa shape index (κ1) is 8.43. The Morgan fingerprint density at radius 1 is 1.78 bits per heavy atom. The molecule has 0 radical (unpaired) electrons. The molecule has 3 heteroatoms. The molecule has 0 saturated heterocycles. The summed E-state index contributed by atoms with van der Waals surface area (Å²) in [6, 6.07) is 0. The van der Waals surface area contributed by atoms with Crippen LogP contribution < -0.4 is 5.73 Å². The minimum Gasteiger partial charge on any atom is -0.384 e. The summed E-state index contributed by atoms with van der Waals surface area (Å²) in [5.41, 5.74) is 5.32. The van der Waals surface area contributed by atoms with Gasteiger partial charge in [-0.25, -0.2) is 4.99 Å². The number of rotatable bonds is 2. The number of halogens is 1. The largest absolute Gasteiger partial charge is 0.384 e. The minimum absolute atomic E-state index is 0.496. The predicted molar refractivity (Wildman–Crippen MR) is 44.5 cm³/mol. The zero-order valence-electron chi connectivity index (χ0n) is 5.26. The van der Waals surface area contributed by atoms with Gasteiger partial charge in [-0.3, -0.25) is 0 Å². The van der Waals surface area contributed by atoms with Crippen molar-refractivity contribution in [3.8, 4) is 0 Å². The summed E-state index contributed by atoms with van der Waals surface area (Å²) in [4.78, 5) is 3.81. The Bertz CT molecular complexity index is 158. The van der Waals surface area contributed by atoms with Crippen molar-refractivity contribution in [2.24, 2.45) is 10.7 Å². The van der Waals surface area contributed by atoms with Crippen molar-refractivity contribution >= 4 is 22.1 Å². The maximum absolute atomic E-state index is 5.32. The number of nitrogens with two attached hydrogens (primary N) is 1. The monoisotopic (exact) mass is 188 g/mol. The van der Waals surface area contributed by atoms with Gasteiger partial charge in [0, 0.05) is 10.7 Å². The molecule has 0 amide bonds. The van der Waals surface area contributed by atoms with Gasteiger partial charge >= 0.3 is 0 Å². The molecule has 0 aliphatic heterocycles. The van der Waals surface area contributed by atoms with Gasteiger partial charge in [0.2, 0.25) is 0 Å². The molecule has 0 heterocycles. The Balaban J connectivity index is 3.86. The van der Waals surface area contributed by atoms with E-state index in [0.29, 0.717) is 10.3 Å². The summed E-state index contributed by atoms with van der Waals surface area (Å²) in [7, 11) is 0. The van der Waals surface area contributed by atoms with Gasteiger partial charge in [0.15, 0.2) is 0 Å². The number of aliphatic imine (C=N–C) groups is 1. The van der Waals surface area contributed by atoms with E-state index in [0.717, 1.165) is 0 Å². The molecule has 2 N–H and O–H groups in total. The molecule has 50 valence electrons. The molecule has 0 aromatic rings. The second-order valence-corrected chi connectivity index (χ2v) is 2.44. The fraction of sp³-hybridized carbons (Fsp3) is 0.167. The summed E-state index contributed by atoms with van der Waals surface area (Å²) in [6.45, 7) is 5.37. The van der Waals surface area contributed by atoms with E-state index >= 15 is 0 Å². The highest BCUT2D eigenvalue weighted by Crippen LogP contribution is 1.96. The van der Waals surface area contributed by atoms with Crippen LogP contribution in [0.4, 0.5) is 0 Å². The van der Waals surface area contributed by atoms with Gasteiger partial charge in [0.25, 0.3) is 0 Å². The number of hydrogen-bond donors (Lipinski definition) is 1. The van der Waals surface area contributed by atoms with Crippen molar-refractivity contribution in [3.05, 3.63) is 23.0 Å². The van der Waals surface area contributed by atoms with E-state index in [9.17, 15) is 0 Å². The van der Waals surface area contributed by atoms with Gasteiger partial charge in [-0.15, -0.1) is 0 Å². The maximum atomic E-state index is 5.32.